The number of nitrogens with zero attached hydrogens (tertiary/aromatic N) is 4. The maximum absolute atomic E-state index is 5.85. The first-order valence-corrected chi connectivity index (χ1v) is 8.18. The van der Waals surface area contributed by atoms with Crippen molar-refractivity contribution >= 4 is 16.7 Å². The highest BCUT2D eigenvalue weighted by Gasteiger charge is 2.12. The van der Waals surface area contributed by atoms with Gasteiger partial charge in [-0.3, -0.25) is 9.97 Å². The van der Waals surface area contributed by atoms with Crippen LogP contribution in [0, 0.1) is 0 Å². The Hall–Kier alpha value is -3.34. The Morgan fingerprint density at radius 3 is 2.60 bits per heavy atom. The molecule has 25 heavy (non-hydrogen) atoms. The molecule has 4 aromatic rings. The van der Waals surface area contributed by atoms with Gasteiger partial charge in [0.25, 0.3) is 0 Å². The molecule has 0 spiro atoms. The van der Waals surface area contributed by atoms with Crippen molar-refractivity contribution < 1.29 is 0 Å². The summed E-state index contributed by atoms with van der Waals surface area (Å²) in [6.07, 6.45) is 5.86. The van der Waals surface area contributed by atoms with Crippen LogP contribution in [0.2, 0.25) is 0 Å². The predicted octanol–water partition coefficient (Wildman–Crippen LogP) is 3.90. The first-order chi connectivity index (χ1) is 12.3. The molecule has 5 heteroatoms. The molecule has 0 radical (unpaired) electrons. The van der Waals surface area contributed by atoms with Gasteiger partial charge in [0.15, 0.2) is 0 Å². The van der Waals surface area contributed by atoms with Crippen LogP contribution in [0.1, 0.15) is 12.6 Å². The molecule has 0 fully saturated rings. The zero-order valence-electron chi connectivity index (χ0n) is 13.8. The molecule has 4 rings (SSSR count). The van der Waals surface area contributed by atoms with E-state index >= 15 is 0 Å². The number of rotatable bonds is 3. The molecule has 122 valence electrons. The van der Waals surface area contributed by atoms with Gasteiger partial charge in [0, 0.05) is 28.9 Å². The lowest BCUT2D eigenvalue weighted by Crippen LogP contribution is -1.98. The van der Waals surface area contributed by atoms with E-state index in [-0.39, 0.29) is 0 Å². The standard InChI is InChI=1S/C20H17N5/c1-2-16-14(7-9-19(21)24-16)15-5-3-4-13-6-8-17(25-20(13)15)18-12-22-10-11-23-18/h3-12H,2H2,1H3,(H2,21,24). The first-order valence-electron chi connectivity index (χ1n) is 8.18. The van der Waals surface area contributed by atoms with E-state index in [2.05, 4.69) is 40.1 Å². The Balaban J connectivity index is 1.96. The van der Waals surface area contributed by atoms with Gasteiger partial charge in [-0.05, 0) is 24.6 Å². The molecule has 0 unspecified atom stereocenters. The summed E-state index contributed by atoms with van der Waals surface area (Å²) in [6, 6.07) is 14.1. The second-order valence-corrected chi connectivity index (χ2v) is 5.75. The van der Waals surface area contributed by atoms with Crippen molar-refractivity contribution in [3.8, 4) is 22.5 Å². The van der Waals surface area contributed by atoms with Crippen LogP contribution in [-0.2, 0) is 6.42 Å². The van der Waals surface area contributed by atoms with Crippen LogP contribution in [0.3, 0.4) is 0 Å². The Morgan fingerprint density at radius 1 is 0.880 bits per heavy atom. The average Bonchev–Trinajstić information content (AvgIpc) is 2.68. The van der Waals surface area contributed by atoms with Crippen LogP contribution in [0.25, 0.3) is 33.4 Å². The fraction of sp³-hybridized carbons (Fsp3) is 0.100. The predicted molar refractivity (Wildman–Crippen MR) is 99.8 cm³/mol. The molecule has 0 aliphatic heterocycles. The smallest absolute Gasteiger partial charge is 0.123 e. The lowest BCUT2D eigenvalue weighted by Gasteiger charge is -2.11. The Morgan fingerprint density at radius 2 is 1.80 bits per heavy atom. The highest BCUT2D eigenvalue weighted by Crippen LogP contribution is 2.31. The van der Waals surface area contributed by atoms with Gasteiger partial charge in [-0.25, -0.2) is 9.97 Å². The minimum atomic E-state index is 0.536. The van der Waals surface area contributed by atoms with E-state index in [0.717, 1.165) is 45.5 Å². The number of hydrogen-bond donors (Lipinski definition) is 1. The number of pyridine rings is 2. The molecule has 0 saturated heterocycles. The van der Waals surface area contributed by atoms with Crippen molar-refractivity contribution in [2.45, 2.75) is 13.3 Å². The van der Waals surface area contributed by atoms with E-state index < -0.39 is 0 Å². The van der Waals surface area contributed by atoms with Crippen LogP contribution >= 0.6 is 0 Å². The summed E-state index contributed by atoms with van der Waals surface area (Å²) in [5, 5.41) is 1.07. The van der Waals surface area contributed by atoms with Gasteiger partial charge >= 0.3 is 0 Å². The van der Waals surface area contributed by atoms with Crippen LogP contribution in [0.5, 0.6) is 0 Å². The van der Waals surface area contributed by atoms with Crippen molar-refractivity contribution in [2.75, 3.05) is 5.73 Å². The zero-order valence-corrected chi connectivity index (χ0v) is 13.8. The monoisotopic (exact) mass is 327 g/mol. The third-order valence-electron chi connectivity index (χ3n) is 4.17. The van der Waals surface area contributed by atoms with Gasteiger partial charge in [0.2, 0.25) is 0 Å². The summed E-state index contributed by atoms with van der Waals surface area (Å²) >= 11 is 0. The number of hydrogen-bond acceptors (Lipinski definition) is 5. The molecule has 0 amide bonds. The average molecular weight is 327 g/mol. The first kappa shape index (κ1) is 15.2. The van der Waals surface area contributed by atoms with E-state index in [0.29, 0.717) is 5.82 Å². The second kappa shape index (κ2) is 6.28. The number of anilines is 1. The molecule has 0 aliphatic carbocycles. The summed E-state index contributed by atoms with van der Waals surface area (Å²) in [5.41, 5.74) is 11.4. The lowest BCUT2D eigenvalue weighted by atomic mass is 9.99. The number of aryl methyl sites for hydroxylation is 1. The summed E-state index contributed by atoms with van der Waals surface area (Å²) in [4.78, 5) is 17.8. The molecule has 0 bridgehead atoms. The Labute approximate surface area is 145 Å². The zero-order chi connectivity index (χ0) is 17.2. The van der Waals surface area contributed by atoms with E-state index in [1.54, 1.807) is 18.6 Å². The quantitative estimate of drug-likeness (QED) is 0.617. The molecule has 3 aromatic heterocycles. The van der Waals surface area contributed by atoms with Crippen LogP contribution in [0.4, 0.5) is 5.82 Å². The number of nitrogens with two attached hydrogens (primary N) is 1. The molecular formula is C20H17N5. The molecule has 3 heterocycles. The highest BCUT2D eigenvalue weighted by molar-refractivity contribution is 5.95. The van der Waals surface area contributed by atoms with Crippen molar-refractivity contribution in [3.05, 3.63) is 66.7 Å². The van der Waals surface area contributed by atoms with Gasteiger partial charge < -0.3 is 5.73 Å². The number of benzene rings is 1. The minimum absolute atomic E-state index is 0.536. The molecule has 0 atom stereocenters. The van der Waals surface area contributed by atoms with Gasteiger partial charge in [-0.1, -0.05) is 31.2 Å². The molecule has 0 aliphatic rings. The summed E-state index contributed by atoms with van der Waals surface area (Å²) in [7, 11) is 0. The molecular weight excluding hydrogens is 310 g/mol. The lowest BCUT2D eigenvalue weighted by molar-refractivity contribution is 1.04. The number of nitrogen functional groups attached to an aromatic ring is 1. The van der Waals surface area contributed by atoms with E-state index in [1.807, 2.05) is 24.3 Å². The second-order valence-electron chi connectivity index (χ2n) is 5.75. The van der Waals surface area contributed by atoms with E-state index in [4.69, 9.17) is 10.7 Å². The van der Waals surface area contributed by atoms with E-state index in [9.17, 15) is 0 Å². The Bertz CT molecular complexity index is 1040. The summed E-state index contributed by atoms with van der Waals surface area (Å²) in [5.74, 6) is 0.536. The number of fused-ring (bicyclic) bond motifs is 1. The van der Waals surface area contributed by atoms with Crippen LogP contribution in [-0.4, -0.2) is 19.9 Å². The van der Waals surface area contributed by atoms with Gasteiger partial charge in [-0.15, -0.1) is 0 Å². The van der Waals surface area contributed by atoms with Crippen molar-refractivity contribution in [2.24, 2.45) is 0 Å². The van der Waals surface area contributed by atoms with Crippen LogP contribution in [0.15, 0.2) is 61.1 Å². The topological polar surface area (TPSA) is 77.6 Å². The highest BCUT2D eigenvalue weighted by atomic mass is 14.8. The summed E-state index contributed by atoms with van der Waals surface area (Å²) < 4.78 is 0. The van der Waals surface area contributed by atoms with Crippen LogP contribution < -0.4 is 5.73 Å². The van der Waals surface area contributed by atoms with Crippen molar-refractivity contribution in [3.63, 3.8) is 0 Å². The minimum Gasteiger partial charge on any atom is -0.384 e. The maximum Gasteiger partial charge on any atom is 0.123 e. The van der Waals surface area contributed by atoms with Crippen molar-refractivity contribution in [1.29, 1.82) is 0 Å². The SMILES string of the molecule is CCc1nc(N)ccc1-c1cccc2ccc(-c3cnccn3)nc12. The third kappa shape index (κ3) is 2.80. The molecule has 5 nitrogen and oxygen atoms in total. The number of aromatic nitrogens is 4. The molecule has 2 N–H and O–H groups in total. The fourth-order valence-corrected chi connectivity index (χ4v) is 2.97. The van der Waals surface area contributed by atoms with Gasteiger partial charge in [0.1, 0.15) is 11.5 Å². The Kier molecular flexibility index (Phi) is 3.82. The van der Waals surface area contributed by atoms with Gasteiger partial charge in [0.05, 0.1) is 23.1 Å². The maximum atomic E-state index is 5.85. The third-order valence-corrected chi connectivity index (χ3v) is 4.17. The van der Waals surface area contributed by atoms with Gasteiger partial charge in [-0.2, -0.15) is 0 Å². The summed E-state index contributed by atoms with van der Waals surface area (Å²) in [6.45, 7) is 2.08. The normalized spacial score (nSPS) is 10.9. The number of para-hydroxylation sites is 1. The largest absolute Gasteiger partial charge is 0.384 e. The fourth-order valence-electron chi connectivity index (χ4n) is 2.97. The van der Waals surface area contributed by atoms with E-state index in [1.165, 1.54) is 0 Å². The molecule has 0 saturated carbocycles. The molecule has 1 aromatic carbocycles. The van der Waals surface area contributed by atoms with Crippen molar-refractivity contribution in [1.82, 2.24) is 19.9 Å².